The number of nitrogens with zero attached hydrogens (tertiary/aromatic N) is 3. The number of anilines is 1. The quantitative estimate of drug-likeness (QED) is 0.226. The van der Waals surface area contributed by atoms with E-state index >= 15 is 0 Å². The van der Waals surface area contributed by atoms with Gasteiger partial charge in [0, 0.05) is 37.3 Å². The first-order valence-corrected chi connectivity index (χ1v) is 15.1. The summed E-state index contributed by atoms with van der Waals surface area (Å²) in [6.07, 6.45) is 6.79. The molecule has 2 unspecified atom stereocenters. The molecule has 0 aliphatic carbocycles. The molecule has 2 aliphatic heterocycles. The number of H-pyrrole nitrogens is 1. The fraction of sp³-hybridized carbons (Fsp3) is 0.382. The SMILES string of the molecule is CCCCCCN1CCN(C(=O)CC2C(=O)Nc3ccc(OC)cc32)C(c2ncc(-c3ccc4ccccc4c3)[nH]2)C1. The summed E-state index contributed by atoms with van der Waals surface area (Å²) in [6.45, 7) is 5.36. The number of carbonyl (C=O) groups is 2. The minimum absolute atomic E-state index is 0.0369. The number of piperazine rings is 1. The number of hydrogen-bond donors (Lipinski definition) is 2. The number of nitrogens with one attached hydrogen (secondary N) is 2. The molecule has 0 radical (unpaired) electrons. The first-order valence-electron chi connectivity index (χ1n) is 15.1. The molecule has 2 aliphatic rings. The van der Waals surface area contributed by atoms with Gasteiger partial charge in [-0.3, -0.25) is 14.5 Å². The third kappa shape index (κ3) is 5.77. The van der Waals surface area contributed by atoms with Crippen molar-refractivity contribution in [3.05, 3.63) is 78.2 Å². The van der Waals surface area contributed by atoms with Crippen LogP contribution in [0.4, 0.5) is 5.69 Å². The van der Waals surface area contributed by atoms with Gasteiger partial charge in [-0.15, -0.1) is 0 Å². The fourth-order valence-corrected chi connectivity index (χ4v) is 6.27. The second kappa shape index (κ2) is 12.4. The molecular weight excluding hydrogens is 526 g/mol. The van der Waals surface area contributed by atoms with Crippen molar-refractivity contribution in [2.24, 2.45) is 0 Å². The molecule has 0 bridgehead atoms. The Balaban J connectivity index is 1.24. The first-order chi connectivity index (χ1) is 20.5. The predicted octanol–water partition coefficient (Wildman–Crippen LogP) is 6.13. The minimum Gasteiger partial charge on any atom is -0.497 e. The molecule has 42 heavy (non-hydrogen) atoms. The molecule has 2 N–H and O–H groups in total. The third-order valence-electron chi connectivity index (χ3n) is 8.67. The van der Waals surface area contributed by atoms with Crippen LogP contribution in [-0.4, -0.2) is 64.9 Å². The van der Waals surface area contributed by atoms with Crippen molar-refractivity contribution in [2.45, 2.75) is 51.0 Å². The van der Waals surface area contributed by atoms with E-state index in [1.54, 1.807) is 7.11 Å². The van der Waals surface area contributed by atoms with Gasteiger partial charge in [-0.25, -0.2) is 4.98 Å². The van der Waals surface area contributed by atoms with E-state index < -0.39 is 5.92 Å². The molecule has 2 atom stereocenters. The van der Waals surface area contributed by atoms with E-state index in [4.69, 9.17) is 9.72 Å². The number of hydrogen-bond acceptors (Lipinski definition) is 5. The van der Waals surface area contributed by atoms with Gasteiger partial charge in [0.1, 0.15) is 17.6 Å². The molecule has 3 aromatic carbocycles. The maximum absolute atomic E-state index is 13.9. The number of unbranched alkanes of at least 4 members (excludes halogenated alkanes) is 3. The second-order valence-electron chi connectivity index (χ2n) is 11.4. The number of amides is 2. The highest BCUT2D eigenvalue weighted by Gasteiger charge is 2.38. The van der Waals surface area contributed by atoms with Gasteiger partial charge in [0.15, 0.2) is 0 Å². The lowest BCUT2D eigenvalue weighted by molar-refractivity contribution is -0.138. The molecule has 2 amide bonds. The van der Waals surface area contributed by atoms with Crippen LogP contribution in [0.25, 0.3) is 22.0 Å². The Labute approximate surface area is 247 Å². The van der Waals surface area contributed by atoms with Gasteiger partial charge in [-0.2, -0.15) is 0 Å². The lowest BCUT2D eigenvalue weighted by atomic mass is 9.95. The molecule has 6 rings (SSSR count). The number of methoxy groups -OCH3 is 1. The first kappa shape index (κ1) is 28.0. The summed E-state index contributed by atoms with van der Waals surface area (Å²) >= 11 is 0. The number of imidazole rings is 1. The molecule has 0 spiro atoms. The molecular formula is C34H39N5O3. The Hall–Kier alpha value is -4.17. The highest BCUT2D eigenvalue weighted by molar-refractivity contribution is 6.05. The van der Waals surface area contributed by atoms with Crippen LogP contribution in [0.1, 0.15) is 62.4 Å². The number of benzene rings is 3. The van der Waals surface area contributed by atoms with Crippen LogP contribution in [0.15, 0.2) is 66.9 Å². The molecule has 0 saturated carbocycles. The van der Waals surface area contributed by atoms with Crippen LogP contribution >= 0.6 is 0 Å². The fourth-order valence-electron chi connectivity index (χ4n) is 6.27. The van der Waals surface area contributed by atoms with Crippen molar-refractivity contribution in [3.8, 4) is 17.0 Å². The lowest BCUT2D eigenvalue weighted by Gasteiger charge is -2.41. The third-order valence-corrected chi connectivity index (χ3v) is 8.67. The number of rotatable bonds is 10. The van der Waals surface area contributed by atoms with Crippen LogP contribution < -0.4 is 10.1 Å². The maximum Gasteiger partial charge on any atom is 0.232 e. The smallest absolute Gasteiger partial charge is 0.232 e. The predicted molar refractivity (Wildman–Crippen MR) is 166 cm³/mol. The van der Waals surface area contributed by atoms with Crippen LogP contribution in [0.3, 0.4) is 0 Å². The summed E-state index contributed by atoms with van der Waals surface area (Å²) in [4.78, 5) is 39.6. The Morgan fingerprint density at radius 1 is 1.02 bits per heavy atom. The van der Waals surface area contributed by atoms with E-state index in [0.717, 1.165) is 47.8 Å². The Bertz CT molecular complexity index is 1580. The van der Waals surface area contributed by atoms with E-state index in [1.807, 2.05) is 41.4 Å². The summed E-state index contributed by atoms with van der Waals surface area (Å²) in [5.41, 5.74) is 3.55. The van der Waals surface area contributed by atoms with Gasteiger partial charge >= 0.3 is 0 Å². The second-order valence-corrected chi connectivity index (χ2v) is 11.4. The summed E-state index contributed by atoms with van der Waals surface area (Å²) in [7, 11) is 1.61. The van der Waals surface area contributed by atoms with Gasteiger partial charge in [0.05, 0.1) is 24.9 Å². The van der Waals surface area contributed by atoms with Crippen molar-refractivity contribution in [1.29, 1.82) is 0 Å². The molecule has 1 saturated heterocycles. The maximum atomic E-state index is 13.9. The van der Waals surface area contributed by atoms with Crippen LogP contribution in [0.2, 0.25) is 0 Å². The molecule has 4 aromatic rings. The van der Waals surface area contributed by atoms with Crippen LogP contribution in [0.5, 0.6) is 5.75 Å². The van der Waals surface area contributed by atoms with Gasteiger partial charge in [0.25, 0.3) is 0 Å². The van der Waals surface area contributed by atoms with E-state index in [9.17, 15) is 9.59 Å². The van der Waals surface area contributed by atoms with Crippen molar-refractivity contribution in [2.75, 3.05) is 38.6 Å². The average molecular weight is 566 g/mol. The molecule has 1 aromatic heterocycles. The Morgan fingerprint density at radius 3 is 2.71 bits per heavy atom. The van der Waals surface area contributed by atoms with Gasteiger partial charge < -0.3 is 19.9 Å². The number of fused-ring (bicyclic) bond motifs is 2. The Morgan fingerprint density at radius 2 is 1.88 bits per heavy atom. The van der Waals surface area contributed by atoms with Crippen molar-refractivity contribution in [3.63, 3.8) is 0 Å². The van der Waals surface area contributed by atoms with E-state index in [1.165, 1.54) is 30.0 Å². The van der Waals surface area contributed by atoms with Gasteiger partial charge in [0.2, 0.25) is 11.8 Å². The van der Waals surface area contributed by atoms with Crippen molar-refractivity contribution >= 4 is 28.3 Å². The normalized spacial score (nSPS) is 18.7. The monoisotopic (exact) mass is 565 g/mol. The standard InChI is InChI=1S/C34H39N5O3/c1-3-4-5-8-15-38-16-17-39(32(40)20-28-27-19-26(42-2)13-14-29(27)37-34(28)41)31(22-38)33-35-21-30(36-33)25-12-11-23-9-6-7-10-24(23)18-25/h6-7,9-14,18-19,21,28,31H,3-5,8,15-17,20,22H2,1-2H3,(H,35,36)(H,37,41). The largest absolute Gasteiger partial charge is 0.497 e. The zero-order valence-electron chi connectivity index (χ0n) is 24.4. The van der Waals surface area contributed by atoms with Crippen LogP contribution in [0, 0.1) is 0 Å². The minimum atomic E-state index is -0.542. The topological polar surface area (TPSA) is 90.6 Å². The van der Waals surface area contributed by atoms with Gasteiger partial charge in [-0.1, -0.05) is 62.6 Å². The van der Waals surface area contributed by atoms with E-state index in [2.05, 4.69) is 52.5 Å². The van der Waals surface area contributed by atoms with Crippen molar-refractivity contribution < 1.29 is 14.3 Å². The summed E-state index contributed by atoms with van der Waals surface area (Å²) in [6, 6.07) is 20.0. The summed E-state index contributed by atoms with van der Waals surface area (Å²) in [5, 5.41) is 5.30. The zero-order chi connectivity index (χ0) is 29.1. The van der Waals surface area contributed by atoms with Gasteiger partial charge in [-0.05, 0) is 53.6 Å². The van der Waals surface area contributed by atoms with E-state index in [-0.39, 0.29) is 24.3 Å². The number of ether oxygens (including phenoxy) is 1. The Kier molecular flexibility index (Phi) is 8.24. The highest BCUT2D eigenvalue weighted by atomic mass is 16.5. The molecule has 1 fully saturated rings. The van der Waals surface area contributed by atoms with Crippen LogP contribution in [-0.2, 0) is 9.59 Å². The summed E-state index contributed by atoms with van der Waals surface area (Å²) < 4.78 is 5.39. The molecule has 3 heterocycles. The number of aromatic nitrogens is 2. The lowest BCUT2D eigenvalue weighted by Crippen LogP contribution is -2.51. The molecule has 218 valence electrons. The highest BCUT2D eigenvalue weighted by Crippen LogP contribution is 2.38. The molecule has 8 heteroatoms. The average Bonchev–Trinajstić information content (AvgIpc) is 3.63. The van der Waals surface area contributed by atoms with E-state index in [0.29, 0.717) is 18.8 Å². The zero-order valence-corrected chi connectivity index (χ0v) is 24.4. The molecule has 8 nitrogen and oxygen atoms in total. The summed E-state index contributed by atoms with van der Waals surface area (Å²) in [5.74, 6) is 0.733. The van der Waals surface area contributed by atoms with Crippen molar-refractivity contribution in [1.82, 2.24) is 19.8 Å². The number of aromatic amines is 1. The number of carbonyl (C=O) groups excluding carboxylic acids is 2.